The summed E-state index contributed by atoms with van der Waals surface area (Å²) in [6.07, 6.45) is 1.54. The minimum absolute atomic E-state index is 0.0285. The number of halogens is 2. The van der Waals surface area contributed by atoms with E-state index < -0.39 is 0 Å². The molecule has 0 unspecified atom stereocenters. The van der Waals surface area contributed by atoms with Crippen LogP contribution in [0.3, 0.4) is 0 Å². The molecule has 6 heteroatoms. The molecule has 0 saturated carbocycles. The molecule has 4 nitrogen and oxygen atoms in total. The topological polar surface area (TPSA) is 49.4 Å². The third-order valence-electron chi connectivity index (χ3n) is 3.36. The van der Waals surface area contributed by atoms with Crippen molar-refractivity contribution < 1.29 is 9.59 Å². The van der Waals surface area contributed by atoms with Crippen molar-refractivity contribution in [3.05, 3.63) is 33.8 Å². The van der Waals surface area contributed by atoms with Crippen LogP contribution in [0, 0.1) is 0 Å². The van der Waals surface area contributed by atoms with E-state index >= 15 is 0 Å². The number of carbonyl (C=O) groups excluding carboxylic acids is 2. The highest BCUT2D eigenvalue weighted by Crippen LogP contribution is 2.24. The summed E-state index contributed by atoms with van der Waals surface area (Å²) in [6.45, 7) is 2.77. The highest BCUT2D eigenvalue weighted by Gasteiger charge is 2.24. The van der Waals surface area contributed by atoms with Crippen LogP contribution in [-0.4, -0.2) is 35.8 Å². The molecule has 1 aromatic carbocycles. The van der Waals surface area contributed by atoms with Crippen molar-refractivity contribution in [2.45, 2.75) is 25.8 Å². The van der Waals surface area contributed by atoms with E-state index in [-0.39, 0.29) is 17.9 Å². The molecule has 1 aromatic rings. The predicted octanol–water partition coefficient (Wildman–Crippen LogP) is 2.73. The number of likely N-dealkylation sites (tertiary alicyclic amines) is 1. The Labute approximate surface area is 128 Å². The van der Waals surface area contributed by atoms with Crippen LogP contribution < -0.4 is 5.32 Å². The molecular formula is C14H16Cl2N2O2. The average molecular weight is 315 g/mol. The van der Waals surface area contributed by atoms with Crippen LogP contribution in [-0.2, 0) is 4.79 Å². The van der Waals surface area contributed by atoms with Crippen molar-refractivity contribution >= 4 is 35.0 Å². The highest BCUT2D eigenvalue weighted by atomic mass is 35.5. The van der Waals surface area contributed by atoms with E-state index in [0.29, 0.717) is 28.7 Å². The van der Waals surface area contributed by atoms with Gasteiger partial charge >= 0.3 is 0 Å². The predicted molar refractivity (Wildman–Crippen MR) is 79.2 cm³/mol. The Bertz CT molecular complexity index is 526. The minimum Gasteiger partial charge on any atom is -0.353 e. The third kappa shape index (κ3) is 3.64. The summed E-state index contributed by atoms with van der Waals surface area (Å²) in [7, 11) is 0. The number of nitrogens with one attached hydrogen (secondary N) is 1. The lowest BCUT2D eigenvalue weighted by Crippen LogP contribution is -2.46. The molecule has 1 heterocycles. The van der Waals surface area contributed by atoms with Gasteiger partial charge in [0.25, 0.3) is 5.91 Å². The number of rotatable bonds is 2. The summed E-state index contributed by atoms with van der Waals surface area (Å²) in [5.74, 6) is -0.0795. The zero-order chi connectivity index (χ0) is 14.7. The maximum absolute atomic E-state index is 12.3. The maximum atomic E-state index is 12.3. The van der Waals surface area contributed by atoms with Crippen LogP contribution in [0.1, 0.15) is 30.1 Å². The van der Waals surface area contributed by atoms with Gasteiger partial charge in [0.1, 0.15) is 0 Å². The smallest absolute Gasteiger partial charge is 0.253 e. The second kappa shape index (κ2) is 6.46. The van der Waals surface area contributed by atoms with E-state index in [1.165, 1.54) is 6.92 Å². The maximum Gasteiger partial charge on any atom is 0.253 e. The summed E-state index contributed by atoms with van der Waals surface area (Å²) in [6, 6.07) is 5.05. The van der Waals surface area contributed by atoms with Gasteiger partial charge in [0.15, 0.2) is 0 Å². The molecule has 0 spiro atoms. The van der Waals surface area contributed by atoms with Gasteiger partial charge in [0.05, 0.1) is 10.0 Å². The number of nitrogens with zero attached hydrogens (tertiary/aromatic N) is 1. The fourth-order valence-corrected chi connectivity index (χ4v) is 2.62. The Kier molecular flexibility index (Phi) is 4.89. The zero-order valence-electron chi connectivity index (χ0n) is 11.2. The fourth-order valence-electron chi connectivity index (χ4n) is 2.33. The number of hydrogen-bond donors (Lipinski definition) is 1. The molecule has 0 aromatic heterocycles. The van der Waals surface area contributed by atoms with Gasteiger partial charge in [-0.3, -0.25) is 9.59 Å². The summed E-state index contributed by atoms with van der Waals surface area (Å²) < 4.78 is 0. The van der Waals surface area contributed by atoms with Crippen LogP contribution in [0.4, 0.5) is 0 Å². The minimum atomic E-state index is -0.0511. The molecule has 108 valence electrons. The number of amides is 2. The molecule has 20 heavy (non-hydrogen) atoms. The molecule has 0 aliphatic carbocycles. The number of piperidine rings is 1. The van der Waals surface area contributed by atoms with Gasteiger partial charge < -0.3 is 10.2 Å². The lowest BCUT2D eigenvalue weighted by molar-refractivity contribution is -0.119. The number of hydrogen-bond acceptors (Lipinski definition) is 2. The third-order valence-corrected chi connectivity index (χ3v) is 4.10. The van der Waals surface area contributed by atoms with Gasteiger partial charge in [0, 0.05) is 31.6 Å². The fraction of sp³-hybridized carbons (Fsp3) is 0.429. The summed E-state index contributed by atoms with van der Waals surface area (Å²) in [4.78, 5) is 25.1. The van der Waals surface area contributed by atoms with Crippen molar-refractivity contribution in [3.8, 4) is 0 Å². The first-order chi connectivity index (χ1) is 9.47. The Balaban J connectivity index is 1.97. The second-order valence-corrected chi connectivity index (χ2v) is 5.71. The van der Waals surface area contributed by atoms with Crippen LogP contribution in [0.25, 0.3) is 0 Å². The highest BCUT2D eigenvalue weighted by molar-refractivity contribution is 6.42. The molecule has 2 amide bonds. The van der Waals surface area contributed by atoms with Gasteiger partial charge in [-0.05, 0) is 31.0 Å². The first kappa shape index (κ1) is 15.1. The molecule has 0 atom stereocenters. The summed E-state index contributed by atoms with van der Waals surface area (Å²) >= 11 is 11.8. The average Bonchev–Trinajstić information content (AvgIpc) is 2.41. The van der Waals surface area contributed by atoms with Crippen LogP contribution in [0.2, 0.25) is 10.0 Å². The quantitative estimate of drug-likeness (QED) is 0.912. The van der Waals surface area contributed by atoms with E-state index in [9.17, 15) is 9.59 Å². The van der Waals surface area contributed by atoms with E-state index in [1.807, 2.05) is 0 Å². The standard InChI is InChI=1S/C14H16Cl2N2O2/c1-9(19)17-11-4-6-18(7-5-11)14(20)10-2-3-12(15)13(16)8-10/h2-3,8,11H,4-7H2,1H3,(H,17,19). The van der Waals surface area contributed by atoms with Gasteiger partial charge in [-0.15, -0.1) is 0 Å². The normalized spacial score (nSPS) is 16.1. The Morgan fingerprint density at radius 2 is 1.85 bits per heavy atom. The van der Waals surface area contributed by atoms with Crippen LogP contribution in [0.5, 0.6) is 0 Å². The summed E-state index contributed by atoms with van der Waals surface area (Å²) in [5, 5.41) is 3.70. The number of benzene rings is 1. The monoisotopic (exact) mass is 314 g/mol. The molecule has 1 fully saturated rings. The molecule has 1 aliphatic rings. The Hall–Kier alpha value is -1.26. The van der Waals surface area contributed by atoms with Gasteiger partial charge in [-0.2, -0.15) is 0 Å². The van der Waals surface area contributed by atoms with E-state index in [1.54, 1.807) is 23.1 Å². The van der Waals surface area contributed by atoms with Gasteiger partial charge in [-0.25, -0.2) is 0 Å². The van der Waals surface area contributed by atoms with E-state index in [4.69, 9.17) is 23.2 Å². The largest absolute Gasteiger partial charge is 0.353 e. The molecule has 1 saturated heterocycles. The first-order valence-electron chi connectivity index (χ1n) is 6.49. The molecule has 1 N–H and O–H groups in total. The van der Waals surface area contributed by atoms with Crippen molar-refractivity contribution in [2.24, 2.45) is 0 Å². The van der Waals surface area contributed by atoms with Crippen LogP contribution in [0.15, 0.2) is 18.2 Å². The van der Waals surface area contributed by atoms with Crippen molar-refractivity contribution in [1.29, 1.82) is 0 Å². The van der Waals surface area contributed by atoms with Gasteiger partial charge in [0.2, 0.25) is 5.91 Å². The van der Waals surface area contributed by atoms with Gasteiger partial charge in [-0.1, -0.05) is 23.2 Å². The number of carbonyl (C=O) groups is 2. The first-order valence-corrected chi connectivity index (χ1v) is 7.24. The van der Waals surface area contributed by atoms with E-state index in [0.717, 1.165) is 12.8 Å². The molecule has 1 aliphatic heterocycles. The Morgan fingerprint density at radius 3 is 2.40 bits per heavy atom. The SMILES string of the molecule is CC(=O)NC1CCN(C(=O)c2ccc(Cl)c(Cl)c2)CC1. The molecular weight excluding hydrogens is 299 g/mol. The molecule has 0 radical (unpaired) electrons. The van der Waals surface area contributed by atoms with E-state index in [2.05, 4.69) is 5.32 Å². The molecule has 2 rings (SSSR count). The molecule has 0 bridgehead atoms. The second-order valence-electron chi connectivity index (χ2n) is 4.90. The summed E-state index contributed by atoms with van der Waals surface area (Å²) in [5.41, 5.74) is 0.539. The lowest BCUT2D eigenvalue weighted by Gasteiger charge is -2.32. The zero-order valence-corrected chi connectivity index (χ0v) is 12.7. The Morgan fingerprint density at radius 1 is 1.20 bits per heavy atom. The van der Waals surface area contributed by atoms with Crippen molar-refractivity contribution in [1.82, 2.24) is 10.2 Å². The van der Waals surface area contributed by atoms with Crippen molar-refractivity contribution in [3.63, 3.8) is 0 Å². The van der Waals surface area contributed by atoms with Crippen LogP contribution >= 0.6 is 23.2 Å². The lowest BCUT2D eigenvalue weighted by atomic mass is 10.0. The van der Waals surface area contributed by atoms with Crippen molar-refractivity contribution in [2.75, 3.05) is 13.1 Å².